The molecular formula is C15H23NO3. The maximum atomic E-state index is 11.5. The third-order valence-corrected chi connectivity index (χ3v) is 2.74. The van der Waals surface area contributed by atoms with Crippen molar-refractivity contribution in [1.29, 1.82) is 0 Å². The molecule has 1 atom stereocenters. The van der Waals surface area contributed by atoms with Gasteiger partial charge in [0.05, 0.1) is 17.9 Å². The Morgan fingerprint density at radius 3 is 2.58 bits per heavy atom. The number of ether oxygens (including phenoxy) is 1. The van der Waals surface area contributed by atoms with E-state index in [1.165, 1.54) is 6.07 Å². The molecule has 1 aromatic carbocycles. The van der Waals surface area contributed by atoms with E-state index in [0.29, 0.717) is 23.8 Å². The molecule has 2 N–H and O–H groups in total. The van der Waals surface area contributed by atoms with Crippen LogP contribution in [0.15, 0.2) is 18.2 Å². The van der Waals surface area contributed by atoms with Gasteiger partial charge in [0.1, 0.15) is 5.75 Å². The van der Waals surface area contributed by atoms with Crippen LogP contribution in [0.2, 0.25) is 0 Å². The Labute approximate surface area is 114 Å². The van der Waals surface area contributed by atoms with Gasteiger partial charge in [-0.2, -0.15) is 0 Å². The highest BCUT2D eigenvalue weighted by Gasteiger charge is 2.12. The fourth-order valence-corrected chi connectivity index (χ4v) is 2.03. The number of phenolic OH excluding ortho intramolecular Hbond substituents is 1. The molecule has 1 rings (SSSR count). The first kappa shape index (κ1) is 15.3. The highest BCUT2D eigenvalue weighted by molar-refractivity contribution is 5.90. The SMILES string of the molecule is CCOC(=O)c1ccc(NC(C)CC(C)C)c(O)c1. The van der Waals surface area contributed by atoms with Crippen LogP contribution in [0.1, 0.15) is 44.5 Å². The van der Waals surface area contributed by atoms with Crippen LogP contribution in [0, 0.1) is 5.92 Å². The minimum Gasteiger partial charge on any atom is -0.506 e. The Morgan fingerprint density at radius 1 is 1.37 bits per heavy atom. The van der Waals surface area contributed by atoms with E-state index in [1.54, 1.807) is 19.1 Å². The molecular weight excluding hydrogens is 242 g/mol. The van der Waals surface area contributed by atoms with Gasteiger partial charge in [-0.3, -0.25) is 0 Å². The minimum atomic E-state index is -0.417. The second-order valence-corrected chi connectivity index (χ2v) is 5.13. The molecule has 19 heavy (non-hydrogen) atoms. The van der Waals surface area contributed by atoms with E-state index in [4.69, 9.17) is 4.74 Å². The minimum absolute atomic E-state index is 0.0705. The number of carbonyl (C=O) groups is 1. The lowest BCUT2D eigenvalue weighted by Gasteiger charge is -2.18. The number of rotatable bonds is 6. The smallest absolute Gasteiger partial charge is 0.338 e. The van der Waals surface area contributed by atoms with Crippen LogP contribution < -0.4 is 5.32 Å². The number of hydrogen-bond acceptors (Lipinski definition) is 4. The van der Waals surface area contributed by atoms with E-state index in [1.807, 2.05) is 0 Å². The van der Waals surface area contributed by atoms with Gasteiger partial charge in [-0.05, 0) is 44.4 Å². The molecule has 1 aromatic rings. The van der Waals surface area contributed by atoms with Gasteiger partial charge in [0.15, 0.2) is 0 Å². The van der Waals surface area contributed by atoms with Crippen LogP contribution in [0.5, 0.6) is 5.75 Å². The lowest BCUT2D eigenvalue weighted by atomic mass is 10.0. The molecule has 0 aromatic heterocycles. The number of nitrogens with one attached hydrogen (secondary N) is 1. The van der Waals surface area contributed by atoms with Crippen LogP contribution in [0.4, 0.5) is 5.69 Å². The first-order valence-electron chi connectivity index (χ1n) is 6.70. The summed E-state index contributed by atoms with van der Waals surface area (Å²) in [4.78, 5) is 11.5. The largest absolute Gasteiger partial charge is 0.506 e. The summed E-state index contributed by atoms with van der Waals surface area (Å²) in [7, 11) is 0. The molecule has 0 radical (unpaired) electrons. The summed E-state index contributed by atoms with van der Waals surface area (Å²) in [6.07, 6.45) is 1.01. The van der Waals surface area contributed by atoms with Crippen molar-refractivity contribution in [3.8, 4) is 5.75 Å². The molecule has 1 unspecified atom stereocenters. The highest BCUT2D eigenvalue weighted by atomic mass is 16.5. The number of carbonyl (C=O) groups excluding carboxylic acids is 1. The summed E-state index contributed by atoms with van der Waals surface area (Å²) >= 11 is 0. The molecule has 0 spiro atoms. The molecule has 4 heteroatoms. The molecule has 106 valence electrons. The van der Waals surface area contributed by atoms with E-state index in [2.05, 4.69) is 26.1 Å². The standard InChI is InChI=1S/C15H23NO3/c1-5-19-15(18)12-6-7-13(14(17)9-12)16-11(4)8-10(2)3/h6-7,9-11,16-17H,5,8H2,1-4H3. The normalized spacial score (nSPS) is 12.3. The lowest BCUT2D eigenvalue weighted by molar-refractivity contribution is 0.0526. The third-order valence-electron chi connectivity index (χ3n) is 2.74. The van der Waals surface area contributed by atoms with E-state index in [9.17, 15) is 9.90 Å². The molecule has 0 aliphatic heterocycles. The maximum Gasteiger partial charge on any atom is 0.338 e. The fourth-order valence-electron chi connectivity index (χ4n) is 2.03. The molecule has 0 saturated heterocycles. The zero-order chi connectivity index (χ0) is 14.4. The number of hydrogen-bond donors (Lipinski definition) is 2. The summed E-state index contributed by atoms with van der Waals surface area (Å²) in [6.45, 7) is 8.45. The van der Waals surface area contributed by atoms with Crippen LogP contribution >= 0.6 is 0 Å². The summed E-state index contributed by atoms with van der Waals surface area (Å²) in [5.41, 5.74) is 1.00. The lowest BCUT2D eigenvalue weighted by Crippen LogP contribution is -2.17. The predicted molar refractivity (Wildman–Crippen MR) is 76.6 cm³/mol. The zero-order valence-corrected chi connectivity index (χ0v) is 12.1. The van der Waals surface area contributed by atoms with Crippen molar-refractivity contribution in [3.05, 3.63) is 23.8 Å². The van der Waals surface area contributed by atoms with Gasteiger partial charge in [-0.1, -0.05) is 13.8 Å². The molecule has 0 amide bonds. The average Bonchev–Trinajstić information content (AvgIpc) is 2.31. The van der Waals surface area contributed by atoms with Gasteiger partial charge < -0.3 is 15.2 Å². The van der Waals surface area contributed by atoms with Crippen LogP contribution in [0.3, 0.4) is 0 Å². The maximum absolute atomic E-state index is 11.5. The van der Waals surface area contributed by atoms with Crippen molar-refractivity contribution >= 4 is 11.7 Å². The van der Waals surface area contributed by atoms with Gasteiger partial charge >= 0.3 is 5.97 Å². The topological polar surface area (TPSA) is 58.6 Å². The second kappa shape index (κ2) is 7.02. The number of benzene rings is 1. The summed E-state index contributed by atoms with van der Waals surface area (Å²) < 4.78 is 4.89. The molecule has 0 saturated carbocycles. The van der Waals surface area contributed by atoms with Crippen molar-refractivity contribution in [1.82, 2.24) is 0 Å². The summed E-state index contributed by atoms with van der Waals surface area (Å²) in [5, 5.41) is 13.2. The van der Waals surface area contributed by atoms with Crippen molar-refractivity contribution < 1.29 is 14.6 Å². The van der Waals surface area contributed by atoms with Crippen molar-refractivity contribution in [2.45, 2.75) is 40.2 Å². The number of anilines is 1. The van der Waals surface area contributed by atoms with E-state index in [0.717, 1.165) is 6.42 Å². The van der Waals surface area contributed by atoms with E-state index in [-0.39, 0.29) is 11.8 Å². The Kier molecular flexibility index (Phi) is 5.67. The van der Waals surface area contributed by atoms with Gasteiger partial charge in [-0.25, -0.2) is 4.79 Å². The van der Waals surface area contributed by atoms with E-state index >= 15 is 0 Å². The van der Waals surface area contributed by atoms with Crippen molar-refractivity contribution in [3.63, 3.8) is 0 Å². The predicted octanol–water partition coefficient (Wildman–Crippen LogP) is 3.42. The third kappa shape index (κ3) is 4.81. The summed E-state index contributed by atoms with van der Waals surface area (Å²) in [5.74, 6) is 0.240. The number of esters is 1. The molecule has 0 aliphatic carbocycles. The Balaban J connectivity index is 2.74. The number of aromatic hydroxyl groups is 1. The average molecular weight is 265 g/mol. The van der Waals surface area contributed by atoms with Gasteiger partial charge in [0.25, 0.3) is 0 Å². The second-order valence-electron chi connectivity index (χ2n) is 5.13. The van der Waals surface area contributed by atoms with Gasteiger partial charge in [0, 0.05) is 6.04 Å². The van der Waals surface area contributed by atoms with Crippen molar-refractivity contribution in [2.24, 2.45) is 5.92 Å². The first-order valence-corrected chi connectivity index (χ1v) is 6.70. The first-order chi connectivity index (χ1) is 8.93. The molecule has 0 fully saturated rings. The highest BCUT2D eigenvalue weighted by Crippen LogP contribution is 2.26. The van der Waals surface area contributed by atoms with Gasteiger partial charge in [0.2, 0.25) is 0 Å². The van der Waals surface area contributed by atoms with Gasteiger partial charge in [-0.15, -0.1) is 0 Å². The molecule has 0 bridgehead atoms. The Morgan fingerprint density at radius 2 is 2.05 bits per heavy atom. The van der Waals surface area contributed by atoms with Crippen molar-refractivity contribution in [2.75, 3.05) is 11.9 Å². The number of phenols is 1. The van der Waals surface area contributed by atoms with Crippen LogP contribution in [-0.2, 0) is 4.74 Å². The molecule has 0 aliphatic rings. The molecule has 0 heterocycles. The Bertz CT molecular complexity index is 429. The quantitative estimate of drug-likeness (QED) is 0.611. The Hall–Kier alpha value is -1.71. The van der Waals surface area contributed by atoms with Crippen LogP contribution in [0.25, 0.3) is 0 Å². The summed E-state index contributed by atoms with van der Waals surface area (Å²) in [6, 6.07) is 5.06. The zero-order valence-electron chi connectivity index (χ0n) is 12.1. The van der Waals surface area contributed by atoms with E-state index < -0.39 is 5.97 Å². The monoisotopic (exact) mass is 265 g/mol. The fraction of sp³-hybridized carbons (Fsp3) is 0.533. The van der Waals surface area contributed by atoms with Crippen LogP contribution in [-0.4, -0.2) is 23.7 Å². The molecule has 4 nitrogen and oxygen atoms in total.